The number of aliphatic carboxylic acids is 1. The van der Waals surface area contributed by atoms with Gasteiger partial charge in [-0.05, 0) is 6.42 Å². The zero-order valence-electron chi connectivity index (χ0n) is 9.44. The minimum Gasteiger partial charge on any atom is -0.480 e. The fourth-order valence-electron chi connectivity index (χ4n) is 1.18. The van der Waals surface area contributed by atoms with Gasteiger partial charge in [-0.1, -0.05) is 6.92 Å². The van der Waals surface area contributed by atoms with Gasteiger partial charge in [-0.15, -0.1) is 0 Å². The van der Waals surface area contributed by atoms with Crippen molar-refractivity contribution in [1.29, 1.82) is 0 Å². The highest BCUT2D eigenvalue weighted by molar-refractivity contribution is 5.67. The molecule has 94 valence electrons. The van der Waals surface area contributed by atoms with Crippen LogP contribution in [0.4, 0.5) is 10.2 Å². The molecular weight excluding hydrogens is 229 g/mol. The molecule has 0 aliphatic heterocycles. The van der Waals surface area contributed by atoms with Crippen LogP contribution in [-0.4, -0.2) is 40.8 Å². The van der Waals surface area contributed by atoms with Crippen LogP contribution >= 0.6 is 0 Å². The highest BCUT2D eigenvalue weighted by Crippen LogP contribution is 2.12. The third-order valence-electron chi connectivity index (χ3n) is 1.96. The lowest BCUT2D eigenvalue weighted by atomic mass is 10.3. The molecule has 17 heavy (non-hydrogen) atoms. The molecule has 0 bridgehead atoms. The Morgan fingerprint density at radius 3 is 3.00 bits per heavy atom. The van der Waals surface area contributed by atoms with E-state index in [9.17, 15) is 9.18 Å². The Balaban J connectivity index is 2.39. The van der Waals surface area contributed by atoms with Gasteiger partial charge in [0.05, 0.1) is 12.3 Å². The maximum absolute atomic E-state index is 13.6. The number of aromatic nitrogens is 2. The lowest BCUT2D eigenvalue weighted by molar-refractivity contribution is -0.142. The van der Waals surface area contributed by atoms with E-state index in [1.54, 1.807) is 6.92 Å². The molecule has 0 spiro atoms. The first-order valence-electron chi connectivity index (χ1n) is 5.18. The number of carbonyl (C=O) groups is 1. The molecule has 7 heteroatoms. The van der Waals surface area contributed by atoms with Crippen molar-refractivity contribution < 1.29 is 19.0 Å². The first kappa shape index (κ1) is 13.3. The molecule has 1 heterocycles. The average Bonchev–Trinajstić information content (AvgIpc) is 2.30. The van der Waals surface area contributed by atoms with Crippen LogP contribution in [0.2, 0.25) is 0 Å². The molecule has 1 aromatic rings. The molecule has 0 unspecified atom stereocenters. The molecule has 0 aliphatic carbocycles. The number of halogens is 1. The average molecular weight is 243 g/mol. The molecule has 1 aromatic heterocycles. The van der Waals surface area contributed by atoms with Gasteiger partial charge in [0.2, 0.25) is 0 Å². The predicted molar refractivity (Wildman–Crippen MR) is 58.3 cm³/mol. The summed E-state index contributed by atoms with van der Waals surface area (Å²) in [6.07, 6.45) is 1.76. The standard InChI is InChI=1S/C10H14FN3O3/c1-2-7-9(11)10(14-6-13-7)12-3-4-17-5-8(15)16/h6H,2-5H2,1H3,(H,15,16)(H,12,13,14). The monoisotopic (exact) mass is 243 g/mol. The zero-order chi connectivity index (χ0) is 12.7. The van der Waals surface area contributed by atoms with E-state index < -0.39 is 11.8 Å². The Morgan fingerprint density at radius 2 is 2.35 bits per heavy atom. The van der Waals surface area contributed by atoms with Crippen molar-refractivity contribution in [2.45, 2.75) is 13.3 Å². The van der Waals surface area contributed by atoms with E-state index in [1.165, 1.54) is 6.33 Å². The quantitative estimate of drug-likeness (QED) is 0.685. The van der Waals surface area contributed by atoms with Crippen molar-refractivity contribution >= 4 is 11.8 Å². The molecule has 0 fully saturated rings. The summed E-state index contributed by atoms with van der Waals surface area (Å²) in [4.78, 5) is 17.7. The topological polar surface area (TPSA) is 84.3 Å². The summed E-state index contributed by atoms with van der Waals surface area (Å²) >= 11 is 0. The van der Waals surface area contributed by atoms with Gasteiger partial charge in [-0.2, -0.15) is 0 Å². The summed E-state index contributed by atoms with van der Waals surface area (Å²) in [5, 5.41) is 11.0. The molecule has 0 aliphatic rings. The van der Waals surface area contributed by atoms with Gasteiger partial charge < -0.3 is 15.2 Å². The van der Waals surface area contributed by atoms with Crippen molar-refractivity contribution in [3.8, 4) is 0 Å². The smallest absolute Gasteiger partial charge is 0.329 e. The highest BCUT2D eigenvalue weighted by Gasteiger charge is 2.08. The second-order valence-electron chi connectivity index (χ2n) is 3.21. The van der Waals surface area contributed by atoms with Gasteiger partial charge in [-0.25, -0.2) is 19.2 Å². The van der Waals surface area contributed by atoms with Gasteiger partial charge >= 0.3 is 5.97 Å². The lowest BCUT2D eigenvalue weighted by Gasteiger charge is -2.07. The number of rotatable bonds is 7. The van der Waals surface area contributed by atoms with Gasteiger partial charge in [0.25, 0.3) is 0 Å². The molecule has 0 saturated carbocycles. The second kappa shape index (κ2) is 6.74. The fourth-order valence-corrected chi connectivity index (χ4v) is 1.18. The first-order chi connectivity index (χ1) is 8.15. The molecule has 0 amide bonds. The number of hydrogen-bond donors (Lipinski definition) is 2. The fraction of sp³-hybridized carbons (Fsp3) is 0.500. The van der Waals surface area contributed by atoms with Crippen LogP contribution in [0.25, 0.3) is 0 Å². The van der Waals surface area contributed by atoms with Crippen molar-refractivity contribution in [2.24, 2.45) is 0 Å². The number of nitrogens with zero attached hydrogens (tertiary/aromatic N) is 2. The van der Waals surface area contributed by atoms with E-state index in [-0.39, 0.29) is 25.6 Å². The summed E-state index contributed by atoms with van der Waals surface area (Å²) in [6, 6.07) is 0. The van der Waals surface area contributed by atoms with E-state index in [1.807, 2.05) is 0 Å². The Labute approximate surface area is 97.8 Å². The SMILES string of the molecule is CCc1ncnc(NCCOCC(=O)O)c1F. The van der Waals surface area contributed by atoms with Crippen LogP contribution in [0.3, 0.4) is 0 Å². The van der Waals surface area contributed by atoms with Gasteiger partial charge in [-0.3, -0.25) is 0 Å². The van der Waals surface area contributed by atoms with Crippen molar-refractivity contribution in [3.05, 3.63) is 17.8 Å². The number of hydrogen-bond acceptors (Lipinski definition) is 5. The number of nitrogens with one attached hydrogen (secondary N) is 1. The lowest BCUT2D eigenvalue weighted by Crippen LogP contribution is -2.15. The number of aryl methyl sites for hydroxylation is 1. The summed E-state index contributed by atoms with van der Waals surface area (Å²) in [7, 11) is 0. The molecule has 0 atom stereocenters. The molecular formula is C10H14FN3O3. The highest BCUT2D eigenvalue weighted by atomic mass is 19.1. The van der Waals surface area contributed by atoms with Crippen LogP contribution in [0.15, 0.2) is 6.33 Å². The van der Waals surface area contributed by atoms with Crippen LogP contribution in [0, 0.1) is 5.82 Å². The number of anilines is 1. The van der Waals surface area contributed by atoms with Crippen molar-refractivity contribution in [3.63, 3.8) is 0 Å². The maximum Gasteiger partial charge on any atom is 0.329 e. The molecule has 0 aromatic carbocycles. The third kappa shape index (κ3) is 4.31. The predicted octanol–water partition coefficient (Wildman–Crippen LogP) is 0.691. The minimum absolute atomic E-state index is 0.107. The molecule has 0 radical (unpaired) electrons. The van der Waals surface area contributed by atoms with Gasteiger partial charge in [0.1, 0.15) is 12.9 Å². The Morgan fingerprint density at radius 1 is 1.59 bits per heavy atom. The van der Waals surface area contributed by atoms with Crippen LogP contribution in [-0.2, 0) is 16.0 Å². The maximum atomic E-state index is 13.6. The number of carboxylic acids is 1. The Bertz CT molecular complexity index is 387. The summed E-state index contributed by atoms with van der Waals surface area (Å²) < 4.78 is 18.4. The summed E-state index contributed by atoms with van der Waals surface area (Å²) in [6.45, 7) is 1.88. The number of ether oxygens (including phenoxy) is 1. The van der Waals surface area contributed by atoms with Crippen molar-refractivity contribution in [1.82, 2.24) is 9.97 Å². The van der Waals surface area contributed by atoms with Gasteiger partial charge in [0, 0.05) is 6.54 Å². The summed E-state index contributed by atoms with van der Waals surface area (Å²) in [5.74, 6) is -1.41. The Kier molecular flexibility index (Phi) is 5.28. The normalized spacial score (nSPS) is 10.2. The largest absolute Gasteiger partial charge is 0.480 e. The second-order valence-corrected chi connectivity index (χ2v) is 3.21. The van der Waals surface area contributed by atoms with Crippen LogP contribution in [0.1, 0.15) is 12.6 Å². The van der Waals surface area contributed by atoms with Gasteiger partial charge in [0.15, 0.2) is 11.6 Å². The van der Waals surface area contributed by atoms with E-state index >= 15 is 0 Å². The Hall–Kier alpha value is -1.76. The van der Waals surface area contributed by atoms with Crippen molar-refractivity contribution in [2.75, 3.05) is 25.1 Å². The molecule has 1 rings (SSSR count). The third-order valence-corrected chi connectivity index (χ3v) is 1.96. The first-order valence-corrected chi connectivity index (χ1v) is 5.18. The van der Waals surface area contributed by atoms with Crippen LogP contribution in [0.5, 0.6) is 0 Å². The summed E-state index contributed by atoms with van der Waals surface area (Å²) in [5.41, 5.74) is 0.342. The van der Waals surface area contributed by atoms with E-state index in [0.717, 1.165) is 0 Å². The zero-order valence-corrected chi connectivity index (χ0v) is 9.44. The molecule has 2 N–H and O–H groups in total. The van der Waals surface area contributed by atoms with E-state index in [0.29, 0.717) is 12.1 Å². The molecule has 6 nitrogen and oxygen atoms in total. The van der Waals surface area contributed by atoms with E-state index in [4.69, 9.17) is 9.84 Å². The van der Waals surface area contributed by atoms with E-state index in [2.05, 4.69) is 15.3 Å². The van der Waals surface area contributed by atoms with Crippen LogP contribution < -0.4 is 5.32 Å². The molecule has 0 saturated heterocycles. The minimum atomic E-state index is -1.04. The number of carboxylic acid groups (broad SMARTS) is 1.